The second-order valence-corrected chi connectivity index (χ2v) is 6.53. The van der Waals surface area contributed by atoms with Crippen molar-refractivity contribution in [2.75, 3.05) is 43.5 Å². The van der Waals surface area contributed by atoms with Crippen LogP contribution in [0.5, 0.6) is 5.75 Å². The fourth-order valence-corrected chi connectivity index (χ4v) is 2.99. The molecule has 2 amide bonds. The maximum Gasteiger partial charge on any atom is 0.321 e. The topological polar surface area (TPSA) is 44.8 Å². The molecule has 0 unspecified atom stereocenters. The van der Waals surface area contributed by atoms with Gasteiger partial charge in [0.25, 0.3) is 0 Å². The number of carbonyl (C=O) groups excluding carboxylic acids is 1. The van der Waals surface area contributed by atoms with Crippen molar-refractivity contribution in [1.29, 1.82) is 0 Å². The van der Waals surface area contributed by atoms with E-state index in [1.165, 1.54) is 5.69 Å². The molecule has 1 aliphatic heterocycles. The number of amides is 2. The van der Waals surface area contributed by atoms with Gasteiger partial charge < -0.3 is 19.9 Å². The van der Waals surface area contributed by atoms with Gasteiger partial charge in [-0.2, -0.15) is 0 Å². The summed E-state index contributed by atoms with van der Waals surface area (Å²) in [6, 6.07) is 15.6. The Balaban J connectivity index is 1.55. The van der Waals surface area contributed by atoms with Gasteiger partial charge in [-0.15, -0.1) is 0 Å². The van der Waals surface area contributed by atoms with Crippen molar-refractivity contribution in [3.05, 3.63) is 53.0 Å². The minimum atomic E-state index is -0.0706. The lowest BCUT2D eigenvalue weighted by molar-refractivity contribution is 0.208. The van der Waals surface area contributed by atoms with E-state index in [2.05, 4.69) is 38.3 Å². The van der Waals surface area contributed by atoms with Crippen LogP contribution >= 0.6 is 15.9 Å². The predicted octanol–water partition coefficient (Wildman–Crippen LogP) is 3.81. The van der Waals surface area contributed by atoms with Gasteiger partial charge in [0.1, 0.15) is 5.75 Å². The number of benzene rings is 2. The van der Waals surface area contributed by atoms with E-state index >= 15 is 0 Å². The second-order valence-electron chi connectivity index (χ2n) is 5.61. The largest absolute Gasteiger partial charge is 0.497 e. The first kappa shape index (κ1) is 16.6. The van der Waals surface area contributed by atoms with Crippen LogP contribution in [0.4, 0.5) is 16.2 Å². The van der Waals surface area contributed by atoms with Crippen molar-refractivity contribution < 1.29 is 9.53 Å². The van der Waals surface area contributed by atoms with Crippen LogP contribution < -0.4 is 15.0 Å². The molecule has 1 aliphatic rings. The number of carbonyl (C=O) groups is 1. The summed E-state index contributed by atoms with van der Waals surface area (Å²) in [5, 5.41) is 2.93. The molecular formula is C18H20BrN3O2. The van der Waals surface area contributed by atoms with Crippen molar-refractivity contribution >= 4 is 33.3 Å². The van der Waals surface area contributed by atoms with Gasteiger partial charge in [0, 0.05) is 48.1 Å². The lowest BCUT2D eigenvalue weighted by Crippen LogP contribution is -2.50. The fourth-order valence-electron chi connectivity index (χ4n) is 2.72. The van der Waals surface area contributed by atoms with Gasteiger partial charge in [-0.1, -0.05) is 22.0 Å². The van der Waals surface area contributed by atoms with Crippen molar-refractivity contribution in [1.82, 2.24) is 4.90 Å². The van der Waals surface area contributed by atoms with E-state index in [-0.39, 0.29) is 6.03 Å². The summed E-state index contributed by atoms with van der Waals surface area (Å²) in [5.41, 5.74) is 1.93. The average molecular weight is 390 g/mol. The first-order chi connectivity index (χ1) is 11.7. The molecule has 1 saturated heterocycles. The average Bonchev–Trinajstić information content (AvgIpc) is 2.62. The van der Waals surface area contributed by atoms with E-state index in [9.17, 15) is 4.79 Å². The molecule has 2 aromatic rings. The van der Waals surface area contributed by atoms with E-state index in [0.717, 1.165) is 29.0 Å². The van der Waals surface area contributed by atoms with E-state index in [1.807, 2.05) is 41.3 Å². The smallest absolute Gasteiger partial charge is 0.321 e. The molecule has 1 heterocycles. The predicted molar refractivity (Wildman–Crippen MR) is 99.9 cm³/mol. The zero-order valence-corrected chi connectivity index (χ0v) is 15.1. The Morgan fingerprint density at radius 1 is 1.08 bits per heavy atom. The third-order valence-corrected chi connectivity index (χ3v) is 4.61. The first-order valence-corrected chi connectivity index (χ1v) is 8.65. The van der Waals surface area contributed by atoms with Crippen molar-refractivity contribution in [3.63, 3.8) is 0 Å². The zero-order valence-electron chi connectivity index (χ0n) is 13.5. The molecule has 0 spiro atoms. The maximum absolute atomic E-state index is 12.4. The summed E-state index contributed by atoms with van der Waals surface area (Å²) >= 11 is 3.45. The van der Waals surface area contributed by atoms with Crippen LogP contribution in [-0.4, -0.2) is 44.2 Å². The number of urea groups is 1. The molecule has 126 valence electrons. The number of hydrogen-bond donors (Lipinski definition) is 1. The Bertz CT molecular complexity index is 698. The lowest BCUT2D eigenvalue weighted by atomic mass is 10.2. The monoisotopic (exact) mass is 389 g/mol. The number of piperazine rings is 1. The van der Waals surface area contributed by atoms with Crippen LogP contribution in [0.1, 0.15) is 0 Å². The molecule has 6 heteroatoms. The Morgan fingerprint density at radius 3 is 2.46 bits per heavy atom. The number of rotatable bonds is 3. The molecular weight excluding hydrogens is 370 g/mol. The number of ether oxygens (including phenoxy) is 1. The number of nitrogens with one attached hydrogen (secondary N) is 1. The van der Waals surface area contributed by atoms with Gasteiger partial charge >= 0.3 is 6.03 Å². The van der Waals surface area contributed by atoms with Gasteiger partial charge in [0.2, 0.25) is 0 Å². The molecule has 0 aromatic heterocycles. The van der Waals surface area contributed by atoms with E-state index in [0.29, 0.717) is 13.1 Å². The maximum atomic E-state index is 12.4. The molecule has 2 aromatic carbocycles. The number of halogens is 1. The van der Waals surface area contributed by atoms with Crippen LogP contribution in [0.25, 0.3) is 0 Å². The number of nitrogens with zero attached hydrogens (tertiary/aromatic N) is 2. The summed E-state index contributed by atoms with van der Waals surface area (Å²) in [7, 11) is 1.61. The Morgan fingerprint density at radius 2 is 1.79 bits per heavy atom. The van der Waals surface area contributed by atoms with E-state index < -0.39 is 0 Å². The van der Waals surface area contributed by atoms with E-state index in [1.54, 1.807) is 7.11 Å². The molecule has 0 atom stereocenters. The van der Waals surface area contributed by atoms with Crippen LogP contribution in [0.3, 0.4) is 0 Å². The SMILES string of the molecule is COc1cccc(NC(=O)N2CCN(c3ccc(Br)cc3)CC2)c1. The molecule has 1 fully saturated rings. The standard InChI is InChI=1S/C18H20BrN3O2/c1-24-17-4-2-3-15(13-17)20-18(23)22-11-9-21(10-12-22)16-7-5-14(19)6-8-16/h2-8,13H,9-12H2,1H3,(H,20,23). The van der Waals surface area contributed by atoms with Crippen LogP contribution in [0.15, 0.2) is 53.0 Å². The first-order valence-electron chi connectivity index (χ1n) is 7.86. The third-order valence-electron chi connectivity index (χ3n) is 4.08. The fraction of sp³-hybridized carbons (Fsp3) is 0.278. The van der Waals surface area contributed by atoms with Crippen molar-refractivity contribution in [3.8, 4) is 5.75 Å². The van der Waals surface area contributed by atoms with Gasteiger partial charge in [-0.25, -0.2) is 4.79 Å². The summed E-state index contributed by atoms with van der Waals surface area (Å²) in [5.74, 6) is 0.729. The molecule has 1 N–H and O–H groups in total. The van der Waals surface area contributed by atoms with Crippen LogP contribution in [0, 0.1) is 0 Å². The van der Waals surface area contributed by atoms with Crippen molar-refractivity contribution in [2.24, 2.45) is 0 Å². The van der Waals surface area contributed by atoms with Crippen LogP contribution in [-0.2, 0) is 0 Å². The highest BCUT2D eigenvalue weighted by Gasteiger charge is 2.21. The zero-order chi connectivity index (χ0) is 16.9. The molecule has 24 heavy (non-hydrogen) atoms. The second kappa shape index (κ2) is 7.57. The highest BCUT2D eigenvalue weighted by molar-refractivity contribution is 9.10. The molecule has 3 rings (SSSR count). The van der Waals surface area contributed by atoms with Crippen LogP contribution in [0.2, 0.25) is 0 Å². The van der Waals surface area contributed by atoms with Crippen molar-refractivity contribution in [2.45, 2.75) is 0 Å². The summed E-state index contributed by atoms with van der Waals surface area (Å²) in [6.07, 6.45) is 0. The minimum Gasteiger partial charge on any atom is -0.497 e. The highest BCUT2D eigenvalue weighted by atomic mass is 79.9. The summed E-state index contributed by atoms with van der Waals surface area (Å²) in [6.45, 7) is 3.05. The summed E-state index contributed by atoms with van der Waals surface area (Å²) < 4.78 is 6.25. The third kappa shape index (κ3) is 4.00. The van der Waals surface area contributed by atoms with Gasteiger partial charge in [0.05, 0.1) is 7.11 Å². The molecule has 0 radical (unpaired) electrons. The Labute approximate surface area is 150 Å². The normalized spacial score (nSPS) is 14.4. The Hall–Kier alpha value is -2.21. The van der Waals surface area contributed by atoms with Gasteiger partial charge in [-0.3, -0.25) is 0 Å². The number of methoxy groups -OCH3 is 1. The summed E-state index contributed by atoms with van der Waals surface area (Å²) in [4.78, 5) is 16.5. The van der Waals surface area contributed by atoms with Gasteiger partial charge in [0.15, 0.2) is 0 Å². The minimum absolute atomic E-state index is 0.0706. The molecule has 0 saturated carbocycles. The van der Waals surface area contributed by atoms with Gasteiger partial charge in [-0.05, 0) is 36.4 Å². The molecule has 0 bridgehead atoms. The Kier molecular flexibility index (Phi) is 5.25. The highest BCUT2D eigenvalue weighted by Crippen LogP contribution is 2.21. The molecule has 5 nitrogen and oxygen atoms in total. The number of hydrogen-bond acceptors (Lipinski definition) is 3. The lowest BCUT2D eigenvalue weighted by Gasteiger charge is -2.36. The number of anilines is 2. The molecule has 0 aliphatic carbocycles. The van der Waals surface area contributed by atoms with E-state index in [4.69, 9.17) is 4.74 Å². The quantitative estimate of drug-likeness (QED) is 0.867.